The van der Waals surface area contributed by atoms with Gasteiger partial charge in [0.1, 0.15) is 10.2 Å². The van der Waals surface area contributed by atoms with Crippen molar-refractivity contribution < 1.29 is 0 Å². The third-order valence-electron chi connectivity index (χ3n) is 1.25. The highest BCUT2D eigenvalue weighted by atomic mass is 35.5. The minimum Gasteiger partial charge on any atom is -0.322 e. The fourth-order valence-electron chi connectivity index (χ4n) is 0.612. The second kappa shape index (κ2) is 3.32. The summed E-state index contributed by atoms with van der Waals surface area (Å²) < 4.78 is 0. The Morgan fingerprint density at radius 3 is 3.00 bits per heavy atom. The number of hydrogen-bond donors (Lipinski definition) is 1. The molecule has 0 aromatic carbocycles. The molecule has 0 bridgehead atoms. The molecule has 2 N–H and O–H groups in total. The van der Waals surface area contributed by atoms with Crippen LogP contribution in [0.2, 0.25) is 5.15 Å². The molecule has 1 atom stereocenters. The van der Waals surface area contributed by atoms with Crippen LogP contribution in [0.1, 0.15) is 24.4 Å². The largest absolute Gasteiger partial charge is 0.322 e. The molecular formula is C6H9ClN2S. The lowest BCUT2D eigenvalue weighted by atomic mass is 10.3. The van der Waals surface area contributed by atoms with Crippen LogP contribution in [0.3, 0.4) is 0 Å². The number of aromatic nitrogens is 1. The Kier molecular flexibility index (Phi) is 2.65. The normalized spacial score (nSPS) is 13.5. The fourth-order valence-corrected chi connectivity index (χ4v) is 1.65. The zero-order chi connectivity index (χ0) is 7.56. The summed E-state index contributed by atoms with van der Waals surface area (Å²) in [6, 6.07) is 0.0532. The van der Waals surface area contributed by atoms with Crippen molar-refractivity contribution in [2.45, 2.75) is 19.4 Å². The van der Waals surface area contributed by atoms with Gasteiger partial charge in [-0.1, -0.05) is 18.5 Å². The molecule has 1 heterocycles. The van der Waals surface area contributed by atoms with Crippen molar-refractivity contribution in [2.24, 2.45) is 5.73 Å². The summed E-state index contributed by atoms with van der Waals surface area (Å²) in [5.41, 5.74) is 5.70. The van der Waals surface area contributed by atoms with Crippen LogP contribution in [0.4, 0.5) is 0 Å². The minimum atomic E-state index is 0.0532. The van der Waals surface area contributed by atoms with Crippen LogP contribution in [-0.2, 0) is 0 Å². The van der Waals surface area contributed by atoms with Crippen LogP contribution in [-0.4, -0.2) is 4.98 Å². The summed E-state index contributed by atoms with van der Waals surface area (Å²) >= 11 is 7.12. The Bertz CT molecular complexity index is 211. The Hall–Kier alpha value is -0.120. The highest BCUT2D eigenvalue weighted by Crippen LogP contribution is 2.20. The van der Waals surface area contributed by atoms with Gasteiger partial charge in [-0.2, -0.15) is 0 Å². The van der Waals surface area contributed by atoms with Crippen molar-refractivity contribution in [2.75, 3.05) is 0 Å². The zero-order valence-electron chi connectivity index (χ0n) is 5.67. The summed E-state index contributed by atoms with van der Waals surface area (Å²) in [6.45, 7) is 2.03. The van der Waals surface area contributed by atoms with Crippen LogP contribution in [0, 0.1) is 0 Å². The van der Waals surface area contributed by atoms with E-state index in [1.54, 1.807) is 5.38 Å². The molecule has 0 saturated carbocycles. The molecular weight excluding hydrogens is 168 g/mol. The zero-order valence-corrected chi connectivity index (χ0v) is 7.25. The van der Waals surface area contributed by atoms with Crippen LogP contribution >= 0.6 is 22.9 Å². The van der Waals surface area contributed by atoms with Crippen LogP contribution in [0.25, 0.3) is 0 Å². The number of nitrogens with zero attached hydrogens (tertiary/aromatic N) is 1. The van der Waals surface area contributed by atoms with Crippen molar-refractivity contribution in [1.29, 1.82) is 0 Å². The molecule has 1 rings (SSSR count). The topological polar surface area (TPSA) is 38.9 Å². The Morgan fingerprint density at radius 1 is 1.90 bits per heavy atom. The molecule has 0 spiro atoms. The maximum Gasteiger partial charge on any atom is 0.140 e. The second-order valence-electron chi connectivity index (χ2n) is 2.02. The van der Waals surface area contributed by atoms with Gasteiger partial charge < -0.3 is 5.73 Å². The molecule has 0 aliphatic heterocycles. The average Bonchev–Trinajstić information content (AvgIpc) is 2.34. The van der Waals surface area contributed by atoms with Crippen molar-refractivity contribution in [3.05, 3.63) is 15.5 Å². The van der Waals surface area contributed by atoms with Gasteiger partial charge in [-0.05, 0) is 6.42 Å². The SMILES string of the molecule is CCC(N)c1nc(Cl)cs1. The lowest BCUT2D eigenvalue weighted by molar-refractivity contribution is 0.693. The van der Waals surface area contributed by atoms with Gasteiger partial charge in [0.05, 0.1) is 6.04 Å². The van der Waals surface area contributed by atoms with E-state index in [0.29, 0.717) is 5.15 Å². The first-order chi connectivity index (χ1) is 4.74. The van der Waals surface area contributed by atoms with Gasteiger partial charge >= 0.3 is 0 Å². The van der Waals surface area contributed by atoms with E-state index in [9.17, 15) is 0 Å². The summed E-state index contributed by atoms with van der Waals surface area (Å²) in [5, 5.41) is 3.27. The number of rotatable bonds is 2. The quantitative estimate of drug-likeness (QED) is 0.751. The van der Waals surface area contributed by atoms with E-state index in [1.165, 1.54) is 11.3 Å². The highest BCUT2D eigenvalue weighted by Gasteiger charge is 2.06. The number of hydrogen-bond acceptors (Lipinski definition) is 3. The van der Waals surface area contributed by atoms with E-state index < -0.39 is 0 Å². The summed E-state index contributed by atoms with van der Waals surface area (Å²) in [5.74, 6) is 0. The van der Waals surface area contributed by atoms with E-state index >= 15 is 0 Å². The lowest BCUT2D eigenvalue weighted by Gasteiger charge is -2.01. The van der Waals surface area contributed by atoms with Gasteiger partial charge in [-0.3, -0.25) is 0 Å². The third kappa shape index (κ3) is 1.68. The number of halogens is 1. The molecule has 1 unspecified atom stereocenters. The molecule has 0 radical (unpaired) electrons. The van der Waals surface area contributed by atoms with Gasteiger partial charge in [0.2, 0.25) is 0 Å². The van der Waals surface area contributed by atoms with Crippen molar-refractivity contribution in [1.82, 2.24) is 4.98 Å². The molecule has 0 fully saturated rings. The Labute approximate surface area is 69.0 Å². The molecule has 0 aliphatic rings. The van der Waals surface area contributed by atoms with Crippen LogP contribution < -0.4 is 5.73 Å². The Morgan fingerprint density at radius 2 is 2.60 bits per heavy atom. The first kappa shape index (κ1) is 7.98. The van der Waals surface area contributed by atoms with Crippen molar-refractivity contribution >= 4 is 22.9 Å². The molecule has 0 aliphatic carbocycles. The van der Waals surface area contributed by atoms with E-state index in [-0.39, 0.29) is 6.04 Å². The molecule has 56 valence electrons. The predicted molar refractivity (Wildman–Crippen MR) is 44.3 cm³/mol. The van der Waals surface area contributed by atoms with Gasteiger partial charge in [-0.25, -0.2) is 4.98 Å². The maximum atomic E-state index is 5.70. The predicted octanol–water partition coefficient (Wildman–Crippen LogP) is 2.21. The molecule has 1 aromatic heterocycles. The smallest absolute Gasteiger partial charge is 0.140 e. The summed E-state index contributed by atoms with van der Waals surface area (Å²) in [7, 11) is 0. The van der Waals surface area contributed by atoms with E-state index in [0.717, 1.165) is 11.4 Å². The number of nitrogens with two attached hydrogens (primary N) is 1. The molecule has 10 heavy (non-hydrogen) atoms. The second-order valence-corrected chi connectivity index (χ2v) is 3.30. The van der Waals surface area contributed by atoms with E-state index in [4.69, 9.17) is 17.3 Å². The van der Waals surface area contributed by atoms with Gasteiger partial charge in [0.25, 0.3) is 0 Å². The summed E-state index contributed by atoms with van der Waals surface area (Å²) in [6.07, 6.45) is 0.907. The monoisotopic (exact) mass is 176 g/mol. The van der Waals surface area contributed by atoms with Crippen molar-refractivity contribution in [3.63, 3.8) is 0 Å². The summed E-state index contributed by atoms with van der Waals surface area (Å²) in [4.78, 5) is 4.04. The molecule has 0 amide bonds. The minimum absolute atomic E-state index is 0.0532. The average molecular weight is 177 g/mol. The van der Waals surface area contributed by atoms with Crippen LogP contribution in [0.15, 0.2) is 5.38 Å². The Balaban J connectivity index is 2.74. The van der Waals surface area contributed by atoms with Crippen LogP contribution in [0.5, 0.6) is 0 Å². The first-order valence-electron chi connectivity index (χ1n) is 3.10. The lowest BCUT2D eigenvalue weighted by Crippen LogP contribution is -2.07. The van der Waals surface area contributed by atoms with Gasteiger partial charge in [0, 0.05) is 5.38 Å². The first-order valence-corrected chi connectivity index (χ1v) is 4.36. The van der Waals surface area contributed by atoms with E-state index in [1.807, 2.05) is 6.92 Å². The maximum absolute atomic E-state index is 5.70. The standard InChI is InChI=1S/C6H9ClN2S/c1-2-4(8)6-9-5(7)3-10-6/h3-4H,2,8H2,1H3. The highest BCUT2D eigenvalue weighted by molar-refractivity contribution is 7.10. The third-order valence-corrected chi connectivity index (χ3v) is 2.55. The molecule has 1 aromatic rings. The number of thiazole rings is 1. The molecule has 4 heteroatoms. The van der Waals surface area contributed by atoms with Gasteiger partial charge in [-0.15, -0.1) is 11.3 Å². The fraction of sp³-hybridized carbons (Fsp3) is 0.500. The molecule has 0 saturated heterocycles. The van der Waals surface area contributed by atoms with Crippen molar-refractivity contribution in [3.8, 4) is 0 Å². The molecule has 2 nitrogen and oxygen atoms in total. The van der Waals surface area contributed by atoms with E-state index in [2.05, 4.69) is 4.98 Å². The van der Waals surface area contributed by atoms with Gasteiger partial charge in [0.15, 0.2) is 0 Å².